The number of benzene rings is 1. The van der Waals surface area contributed by atoms with Crippen molar-refractivity contribution < 1.29 is 9.47 Å². The van der Waals surface area contributed by atoms with Gasteiger partial charge in [0.25, 0.3) is 0 Å². The van der Waals surface area contributed by atoms with Crippen LogP contribution in [0.3, 0.4) is 0 Å². The Labute approximate surface area is 123 Å². The van der Waals surface area contributed by atoms with Crippen molar-refractivity contribution in [1.82, 2.24) is 20.2 Å². The molecule has 0 amide bonds. The molecule has 21 heavy (non-hydrogen) atoms. The first-order chi connectivity index (χ1) is 10.2. The van der Waals surface area contributed by atoms with Gasteiger partial charge in [-0.1, -0.05) is 0 Å². The van der Waals surface area contributed by atoms with Gasteiger partial charge in [-0.2, -0.15) is 0 Å². The molecule has 1 aromatic heterocycles. The summed E-state index contributed by atoms with van der Waals surface area (Å²) in [6.45, 7) is 2.75. The first-order valence-electron chi connectivity index (χ1n) is 7.06. The number of methoxy groups -OCH3 is 1. The summed E-state index contributed by atoms with van der Waals surface area (Å²) in [6.07, 6.45) is 2.16. The number of ether oxygens (including phenoxy) is 2. The molecule has 7 nitrogen and oxygen atoms in total. The zero-order valence-corrected chi connectivity index (χ0v) is 12.2. The molecule has 1 aromatic carbocycles. The molecular formula is C14H19N5O2. The molecule has 0 saturated heterocycles. The molecule has 0 bridgehead atoms. The summed E-state index contributed by atoms with van der Waals surface area (Å²) >= 11 is 0. The van der Waals surface area contributed by atoms with Gasteiger partial charge in [-0.25, -0.2) is 4.68 Å². The molecule has 7 heteroatoms. The summed E-state index contributed by atoms with van der Waals surface area (Å²) in [5.74, 6) is 1.39. The van der Waals surface area contributed by atoms with Gasteiger partial charge in [-0.15, -0.1) is 5.10 Å². The third-order valence-corrected chi connectivity index (χ3v) is 3.78. The van der Waals surface area contributed by atoms with E-state index in [1.807, 2.05) is 23.7 Å². The summed E-state index contributed by atoms with van der Waals surface area (Å²) < 4.78 is 12.8. The van der Waals surface area contributed by atoms with E-state index in [1.54, 1.807) is 13.2 Å². The monoisotopic (exact) mass is 289 g/mol. The van der Waals surface area contributed by atoms with Gasteiger partial charge in [-0.3, -0.25) is 0 Å². The lowest BCUT2D eigenvalue weighted by molar-refractivity contribution is -0.0227. The molecule has 112 valence electrons. The molecule has 1 aliphatic rings. The normalized spacial score (nSPS) is 21.0. The van der Waals surface area contributed by atoms with E-state index in [2.05, 4.69) is 15.5 Å². The fourth-order valence-corrected chi connectivity index (χ4v) is 2.63. The first kappa shape index (κ1) is 13.8. The first-order valence-corrected chi connectivity index (χ1v) is 7.06. The molecule has 1 heterocycles. The number of anilines is 1. The molecule has 0 atom stereocenters. The maximum absolute atomic E-state index is 5.87. The van der Waals surface area contributed by atoms with Crippen molar-refractivity contribution in [3.8, 4) is 17.1 Å². The Balaban J connectivity index is 1.88. The minimum absolute atomic E-state index is 0.262. The molecule has 3 rings (SSSR count). The summed E-state index contributed by atoms with van der Waals surface area (Å²) in [5.41, 5.74) is 7.33. The number of rotatable bonds is 5. The quantitative estimate of drug-likeness (QED) is 0.842. The van der Waals surface area contributed by atoms with E-state index in [9.17, 15) is 0 Å². The lowest BCUT2D eigenvalue weighted by Crippen LogP contribution is -2.34. The van der Waals surface area contributed by atoms with E-state index in [1.165, 1.54) is 0 Å². The number of nitrogen functional groups attached to an aromatic ring is 1. The van der Waals surface area contributed by atoms with Crippen LogP contribution >= 0.6 is 0 Å². The van der Waals surface area contributed by atoms with Gasteiger partial charge in [0, 0.05) is 12.3 Å². The minimum Gasteiger partial charge on any atom is -0.496 e. The molecular weight excluding hydrogens is 270 g/mol. The number of tetrazole rings is 1. The summed E-state index contributed by atoms with van der Waals surface area (Å²) in [7, 11) is 1.62. The highest BCUT2D eigenvalue weighted by atomic mass is 16.5. The van der Waals surface area contributed by atoms with Crippen molar-refractivity contribution in [2.75, 3.05) is 19.5 Å². The van der Waals surface area contributed by atoms with Crippen molar-refractivity contribution in [3.05, 3.63) is 18.2 Å². The Bertz CT molecular complexity index is 622. The van der Waals surface area contributed by atoms with Crippen LogP contribution in [-0.4, -0.2) is 40.0 Å². The highest BCUT2D eigenvalue weighted by molar-refractivity contribution is 5.68. The van der Waals surface area contributed by atoms with Crippen molar-refractivity contribution in [3.63, 3.8) is 0 Å². The SMILES string of the molecule is CCOC1CC(n2nnnc2-c2cc(N)ccc2OC)C1. The van der Waals surface area contributed by atoms with E-state index >= 15 is 0 Å². The maximum atomic E-state index is 5.87. The molecule has 1 aliphatic carbocycles. The molecule has 0 aliphatic heterocycles. The van der Waals surface area contributed by atoms with E-state index in [0.29, 0.717) is 23.4 Å². The Hall–Kier alpha value is -2.15. The van der Waals surface area contributed by atoms with Crippen LogP contribution in [0.25, 0.3) is 11.4 Å². The van der Waals surface area contributed by atoms with Crippen LogP contribution in [0.2, 0.25) is 0 Å². The Morgan fingerprint density at radius 1 is 1.38 bits per heavy atom. The van der Waals surface area contributed by atoms with Crippen LogP contribution in [0.1, 0.15) is 25.8 Å². The largest absolute Gasteiger partial charge is 0.496 e. The molecule has 1 fully saturated rings. The number of hydrogen-bond acceptors (Lipinski definition) is 6. The summed E-state index contributed by atoms with van der Waals surface area (Å²) in [6, 6.07) is 5.72. The summed E-state index contributed by atoms with van der Waals surface area (Å²) in [4.78, 5) is 0. The van der Waals surface area contributed by atoms with Gasteiger partial charge >= 0.3 is 0 Å². The predicted octanol–water partition coefficient (Wildman–Crippen LogP) is 1.67. The van der Waals surface area contributed by atoms with Crippen LogP contribution in [-0.2, 0) is 4.74 Å². The topological polar surface area (TPSA) is 88.1 Å². The lowest BCUT2D eigenvalue weighted by atomic mass is 9.89. The van der Waals surface area contributed by atoms with Crippen LogP contribution in [0, 0.1) is 0 Å². The van der Waals surface area contributed by atoms with Crippen molar-refractivity contribution in [1.29, 1.82) is 0 Å². The van der Waals surface area contributed by atoms with Gasteiger partial charge in [0.15, 0.2) is 5.82 Å². The fraction of sp³-hybridized carbons (Fsp3) is 0.500. The van der Waals surface area contributed by atoms with Gasteiger partial charge < -0.3 is 15.2 Å². The second-order valence-electron chi connectivity index (χ2n) is 5.11. The zero-order chi connectivity index (χ0) is 14.8. The van der Waals surface area contributed by atoms with E-state index < -0.39 is 0 Å². The van der Waals surface area contributed by atoms with Crippen LogP contribution in [0.4, 0.5) is 5.69 Å². The predicted molar refractivity (Wildman–Crippen MR) is 77.9 cm³/mol. The Morgan fingerprint density at radius 2 is 2.19 bits per heavy atom. The second-order valence-corrected chi connectivity index (χ2v) is 5.11. The van der Waals surface area contributed by atoms with Crippen LogP contribution in [0.5, 0.6) is 5.75 Å². The Kier molecular flexibility index (Phi) is 3.74. The smallest absolute Gasteiger partial charge is 0.186 e. The zero-order valence-electron chi connectivity index (χ0n) is 12.2. The molecule has 0 spiro atoms. The van der Waals surface area contributed by atoms with Gasteiger partial charge in [0.1, 0.15) is 5.75 Å². The molecule has 2 aromatic rings. The van der Waals surface area contributed by atoms with Gasteiger partial charge in [0.05, 0.1) is 24.8 Å². The Morgan fingerprint density at radius 3 is 2.90 bits per heavy atom. The molecule has 0 unspecified atom stereocenters. The average molecular weight is 289 g/mol. The van der Waals surface area contributed by atoms with Crippen molar-refractivity contribution >= 4 is 5.69 Å². The third kappa shape index (κ3) is 2.56. The molecule has 0 radical (unpaired) electrons. The summed E-state index contributed by atoms with van der Waals surface area (Å²) in [5, 5.41) is 12.1. The average Bonchev–Trinajstić information content (AvgIpc) is 2.91. The van der Waals surface area contributed by atoms with E-state index in [4.69, 9.17) is 15.2 Å². The van der Waals surface area contributed by atoms with E-state index in [0.717, 1.165) is 25.0 Å². The van der Waals surface area contributed by atoms with Crippen LogP contribution in [0.15, 0.2) is 18.2 Å². The number of aromatic nitrogens is 4. The fourth-order valence-electron chi connectivity index (χ4n) is 2.63. The number of hydrogen-bond donors (Lipinski definition) is 1. The molecule has 1 saturated carbocycles. The van der Waals surface area contributed by atoms with Gasteiger partial charge in [-0.05, 0) is 48.4 Å². The number of nitrogens with zero attached hydrogens (tertiary/aromatic N) is 4. The highest BCUT2D eigenvalue weighted by Gasteiger charge is 2.34. The molecule has 2 N–H and O–H groups in total. The second kappa shape index (κ2) is 5.69. The lowest BCUT2D eigenvalue weighted by Gasteiger charge is -2.34. The minimum atomic E-state index is 0.262. The van der Waals surface area contributed by atoms with Gasteiger partial charge in [0.2, 0.25) is 0 Å². The van der Waals surface area contributed by atoms with Crippen molar-refractivity contribution in [2.24, 2.45) is 0 Å². The number of nitrogens with two attached hydrogens (primary N) is 1. The highest BCUT2D eigenvalue weighted by Crippen LogP contribution is 2.38. The standard InChI is InChI=1S/C14H19N5O2/c1-3-21-11-7-10(8-11)19-14(16-17-18-19)12-6-9(15)4-5-13(12)20-2/h4-6,10-11H,3,7-8,15H2,1-2H3. The van der Waals surface area contributed by atoms with Crippen molar-refractivity contribution in [2.45, 2.75) is 31.9 Å². The maximum Gasteiger partial charge on any atom is 0.186 e. The third-order valence-electron chi connectivity index (χ3n) is 3.78. The van der Waals surface area contributed by atoms with E-state index in [-0.39, 0.29) is 6.04 Å². The van der Waals surface area contributed by atoms with Crippen LogP contribution < -0.4 is 10.5 Å².